The molecule has 3 rings (SSSR count). The molecule has 1 aromatic heterocycles. The van der Waals surface area contributed by atoms with Gasteiger partial charge in [0.2, 0.25) is 0 Å². The first-order valence-corrected chi connectivity index (χ1v) is 8.78. The predicted molar refractivity (Wildman–Crippen MR) is 99.7 cm³/mol. The number of nitrogens with zero attached hydrogens (tertiary/aromatic N) is 2. The maximum Gasteiger partial charge on any atom is 0.416 e. The first-order valence-electron chi connectivity index (χ1n) is 8.41. The molecule has 1 atom stereocenters. The molecule has 0 fully saturated rings. The van der Waals surface area contributed by atoms with Gasteiger partial charge in [-0.25, -0.2) is 8.78 Å². The fraction of sp³-hybridized carbons (Fsp3) is 0.158. The van der Waals surface area contributed by atoms with Gasteiger partial charge in [-0.3, -0.25) is 4.79 Å². The largest absolute Gasteiger partial charge is 0.416 e. The van der Waals surface area contributed by atoms with Crippen LogP contribution in [-0.4, -0.2) is 21.4 Å². The van der Waals surface area contributed by atoms with Crippen molar-refractivity contribution in [3.63, 3.8) is 0 Å². The third-order valence-corrected chi connectivity index (χ3v) is 4.52. The Bertz CT molecular complexity index is 1110. The molecule has 1 unspecified atom stereocenters. The molecule has 0 aliphatic rings. The lowest BCUT2D eigenvalue weighted by atomic mass is 10.1. The highest BCUT2D eigenvalue weighted by Gasteiger charge is 2.30. The van der Waals surface area contributed by atoms with E-state index in [9.17, 15) is 31.9 Å². The van der Waals surface area contributed by atoms with Gasteiger partial charge in [0.05, 0.1) is 28.7 Å². The number of alkyl halides is 3. The molecule has 0 aliphatic heterocycles. The molecule has 0 saturated carbocycles. The molecule has 2 aromatic carbocycles. The SMILES string of the molecule is O=c1c(Cl)c(NCC(O)c2c(F)cccc2F)cnn1-c1cccc(C(F)(F)F)c1. The molecule has 1 heterocycles. The minimum atomic E-state index is -4.61. The van der Waals surface area contributed by atoms with Crippen LogP contribution in [0.2, 0.25) is 5.02 Å². The first kappa shape index (κ1) is 21.7. The Balaban J connectivity index is 1.85. The van der Waals surface area contributed by atoms with E-state index in [-0.39, 0.29) is 11.4 Å². The van der Waals surface area contributed by atoms with E-state index in [1.54, 1.807) is 0 Å². The fourth-order valence-corrected chi connectivity index (χ4v) is 2.89. The van der Waals surface area contributed by atoms with E-state index in [4.69, 9.17) is 11.6 Å². The van der Waals surface area contributed by atoms with Crippen LogP contribution in [0.25, 0.3) is 5.69 Å². The van der Waals surface area contributed by atoms with Crippen molar-refractivity contribution in [3.8, 4) is 5.69 Å². The number of halogens is 6. The van der Waals surface area contributed by atoms with Gasteiger partial charge in [0.15, 0.2) is 0 Å². The molecule has 0 aliphatic carbocycles. The third-order valence-electron chi connectivity index (χ3n) is 4.16. The van der Waals surface area contributed by atoms with Crippen molar-refractivity contribution < 1.29 is 27.1 Å². The van der Waals surface area contributed by atoms with E-state index in [1.165, 1.54) is 6.07 Å². The highest BCUT2D eigenvalue weighted by Crippen LogP contribution is 2.30. The Hall–Kier alpha value is -2.98. The van der Waals surface area contributed by atoms with Gasteiger partial charge >= 0.3 is 6.18 Å². The molecule has 3 aromatic rings. The summed E-state index contributed by atoms with van der Waals surface area (Å²) < 4.78 is 66.8. The Labute approximate surface area is 171 Å². The molecule has 158 valence electrons. The van der Waals surface area contributed by atoms with Gasteiger partial charge in [-0.15, -0.1) is 0 Å². The van der Waals surface area contributed by atoms with Gasteiger partial charge < -0.3 is 10.4 Å². The number of benzene rings is 2. The summed E-state index contributed by atoms with van der Waals surface area (Å²) in [6.45, 7) is -0.410. The van der Waals surface area contributed by atoms with Crippen LogP contribution in [0.15, 0.2) is 53.5 Å². The molecule has 11 heteroatoms. The van der Waals surface area contributed by atoms with Crippen LogP contribution in [0, 0.1) is 11.6 Å². The van der Waals surface area contributed by atoms with Crippen LogP contribution in [-0.2, 0) is 6.18 Å². The molecule has 0 amide bonds. The van der Waals surface area contributed by atoms with Crippen molar-refractivity contribution in [1.82, 2.24) is 9.78 Å². The zero-order chi connectivity index (χ0) is 22.1. The van der Waals surface area contributed by atoms with Gasteiger partial charge in [-0.05, 0) is 30.3 Å². The zero-order valence-electron chi connectivity index (χ0n) is 14.9. The van der Waals surface area contributed by atoms with Crippen LogP contribution < -0.4 is 10.9 Å². The molecule has 0 saturated heterocycles. The number of hydrogen-bond donors (Lipinski definition) is 2. The van der Waals surface area contributed by atoms with E-state index in [2.05, 4.69) is 10.4 Å². The summed E-state index contributed by atoms with van der Waals surface area (Å²) in [5.41, 5.74) is -2.68. The topological polar surface area (TPSA) is 67.2 Å². The molecule has 0 spiro atoms. The molecule has 30 heavy (non-hydrogen) atoms. The van der Waals surface area contributed by atoms with E-state index in [0.717, 1.165) is 42.6 Å². The van der Waals surface area contributed by atoms with Crippen molar-refractivity contribution in [2.45, 2.75) is 12.3 Å². The first-order chi connectivity index (χ1) is 14.1. The normalized spacial score (nSPS) is 12.6. The second-order valence-electron chi connectivity index (χ2n) is 6.17. The van der Waals surface area contributed by atoms with Crippen LogP contribution in [0.5, 0.6) is 0 Å². The summed E-state index contributed by atoms with van der Waals surface area (Å²) in [6.07, 6.45) is -5.16. The molecule has 0 radical (unpaired) electrons. The minimum Gasteiger partial charge on any atom is -0.386 e. The fourth-order valence-electron chi connectivity index (χ4n) is 2.69. The standard InChI is InChI=1S/C19H13ClF5N3O2/c20-17-14(26-9-15(29)16-12(21)5-2-6-13(16)22)8-27-28(18(17)30)11-4-1-3-10(7-11)19(23,24)25/h1-8,15,26,29H,9H2. The van der Waals surface area contributed by atoms with Gasteiger partial charge in [0.25, 0.3) is 5.56 Å². The van der Waals surface area contributed by atoms with Crippen LogP contribution in [0.4, 0.5) is 27.6 Å². The van der Waals surface area contributed by atoms with Crippen LogP contribution in [0.3, 0.4) is 0 Å². The maximum absolute atomic E-state index is 13.7. The number of nitrogens with one attached hydrogen (secondary N) is 1. The highest BCUT2D eigenvalue weighted by molar-refractivity contribution is 6.32. The predicted octanol–water partition coefficient (Wildman–Crippen LogP) is 4.33. The molecule has 5 nitrogen and oxygen atoms in total. The lowest BCUT2D eigenvalue weighted by Crippen LogP contribution is -2.24. The van der Waals surface area contributed by atoms with Crippen molar-refractivity contribution in [1.29, 1.82) is 0 Å². The number of aliphatic hydroxyl groups excluding tert-OH is 1. The third kappa shape index (κ3) is 4.44. The molecule has 2 N–H and O–H groups in total. The summed E-state index contributed by atoms with van der Waals surface area (Å²) >= 11 is 5.98. The monoisotopic (exact) mass is 445 g/mol. The van der Waals surface area contributed by atoms with Crippen LogP contribution >= 0.6 is 11.6 Å². The minimum absolute atomic E-state index is 0.0688. The lowest BCUT2D eigenvalue weighted by Gasteiger charge is -2.16. The number of anilines is 1. The van der Waals surface area contributed by atoms with E-state index in [1.807, 2.05) is 0 Å². The van der Waals surface area contributed by atoms with Crippen molar-refractivity contribution in [2.75, 3.05) is 11.9 Å². The Morgan fingerprint density at radius 1 is 1.13 bits per heavy atom. The second kappa shape index (κ2) is 8.41. The molecular formula is C19H13ClF5N3O2. The van der Waals surface area contributed by atoms with Crippen molar-refractivity contribution in [2.24, 2.45) is 0 Å². The lowest BCUT2D eigenvalue weighted by molar-refractivity contribution is -0.137. The quantitative estimate of drug-likeness (QED) is 0.574. The number of hydrogen-bond acceptors (Lipinski definition) is 4. The second-order valence-corrected chi connectivity index (χ2v) is 6.55. The summed E-state index contributed by atoms with van der Waals surface area (Å²) in [6, 6.07) is 7.04. The van der Waals surface area contributed by atoms with E-state index in [0.29, 0.717) is 4.68 Å². The zero-order valence-corrected chi connectivity index (χ0v) is 15.7. The van der Waals surface area contributed by atoms with Crippen molar-refractivity contribution >= 4 is 17.3 Å². The Morgan fingerprint density at radius 3 is 2.40 bits per heavy atom. The average molecular weight is 446 g/mol. The maximum atomic E-state index is 13.7. The molecule has 0 bridgehead atoms. The van der Waals surface area contributed by atoms with E-state index >= 15 is 0 Å². The highest BCUT2D eigenvalue weighted by atomic mass is 35.5. The van der Waals surface area contributed by atoms with Crippen molar-refractivity contribution in [3.05, 3.63) is 86.8 Å². The molecular weight excluding hydrogens is 433 g/mol. The van der Waals surface area contributed by atoms with Gasteiger partial charge in [0.1, 0.15) is 22.8 Å². The Morgan fingerprint density at radius 2 is 1.77 bits per heavy atom. The Kier molecular flexibility index (Phi) is 6.09. The number of rotatable bonds is 5. The summed E-state index contributed by atoms with van der Waals surface area (Å²) in [5.74, 6) is -1.90. The van der Waals surface area contributed by atoms with Gasteiger partial charge in [0, 0.05) is 6.54 Å². The van der Waals surface area contributed by atoms with E-state index < -0.39 is 52.2 Å². The summed E-state index contributed by atoms with van der Waals surface area (Å²) in [5, 5.41) is 15.9. The smallest absolute Gasteiger partial charge is 0.386 e. The average Bonchev–Trinajstić information content (AvgIpc) is 2.68. The number of aliphatic hydroxyl groups is 1. The summed E-state index contributed by atoms with van der Waals surface area (Å²) in [4.78, 5) is 12.4. The summed E-state index contributed by atoms with van der Waals surface area (Å²) in [7, 11) is 0. The van der Waals surface area contributed by atoms with Gasteiger partial charge in [-0.1, -0.05) is 23.7 Å². The van der Waals surface area contributed by atoms with Gasteiger partial charge in [-0.2, -0.15) is 23.0 Å². The number of aromatic nitrogens is 2. The van der Waals surface area contributed by atoms with Crippen LogP contribution in [0.1, 0.15) is 17.2 Å².